The van der Waals surface area contributed by atoms with Crippen molar-refractivity contribution in [3.63, 3.8) is 0 Å². The van der Waals surface area contributed by atoms with Gasteiger partial charge in [-0.1, -0.05) is 274 Å². The van der Waals surface area contributed by atoms with Crippen LogP contribution in [-0.2, 0) is 65.4 Å². The molecule has 0 aromatic rings. The maximum absolute atomic E-state index is 13.0. The van der Waals surface area contributed by atoms with Gasteiger partial charge in [0.15, 0.2) is 12.2 Å². The number of carbonyl (C=O) groups excluding carboxylic acids is 4. The monoisotopic (exact) mass is 1270 g/mol. The zero-order valence-corrected chi connectivity index (χ0v) is 57.7. The molecule has 0 fully saturated rings. The van der Waals surface area contributed by atoms with Gasteiger partial charge in [0, 0.05) is 25.7 Å². The average Bonchev–Trinajstić information content (AvgIpc) is 3.64. The van der Waals surface area contributed by atoms with Crippen molar-refractivity contribution in [3.8, 4) is 0 Å². The van der Waals surface area contributed by atoms with Crippen LogP contribution in [-0.4, -0.2) is 96.7 Å². The minimum Gasteiger partial charge on any atom is -0.462 e. The van der Waals surface area contributed by atoms with Crippen LogP contribution < -0.4 is 0 Å². The van der Waals surface area contributed by atoms with E-state index in [1.54, 1.807) is 0 Å². The largest absolute Gasteiger partial charge is 0.472 e. The SMILES string of the molecule is CCC(C)CCCCCCCCCCC(=O)O[C@H](COC(=O)CCCCCCCCC(C)C)COP(=O)(O)OC[C@@H](O)COP(=O)(O)OC[C@@H](COC(=O)CCCCCCCCC(C)CC)OC(=O)CCCCCCCCCCCCCCC(C)C. The summed E-state index contributed by atoms with van der Waals surface area (Å²) in [6.07, 6.45) is 37.7. The number of aliphatic hydroxyl groups is 1. The number of rotatable bonds is 64. The Hall–Kier alpha value is -1.94. The third-order valence-electron chi connectivity index (χ3n) is 16.0. The molecular formula is C67H130O17P2. The second-order valence-electron chi connectivity index (χ2n) is 25.6. The second kappa shape index (κ2) is 57.0. The van der Waals surface area contributed by atoms with Gasteiger partial charge in [-0.25, -0.2) is 9.13 Å². The Morgan fingerprint density at radius 1 is 0.326 bits per heavy atom. The molecule has 19 heteroatoms. The third-order valence-corrected chi connectivity index (χ3v) is 17.9. The molecule has 4 unspecified atom stereocenters. The summed E-state index contributed by atoms with van der Waals surface area (Å²) in [5.41, 5.74) is 0. The van der Waals surface area contributed by atoms with Gasteiger partial charge in [0.1, 0.15) is 19.3 Å². The van der Waals surface area contributed by atoms with Gasteiger partial charge in [0.05, 0.1) is 26.4 Å². The van der Waals surface area contributed by atoms with Crippen LogP contribution in [0.1, 0.15) is 325 Å². The van der Waals surface area contributed by atoms with E-state index in [0.29, 0.717) is 31.6 Å². The summed E-state index contributed by atoms with van der Waals surface area (Å²) in [5, 5.41) is 10.6. The topological polar surface area (TPSA) is 237 Å². The number of ether oxygens (including phenoxy) is 4. The number of aliphatic hydroxyl groups excluding tert-OH is 1. The first-order valence-corrected chi connectivity index (χ1v) is 37.8. The zero-order chi connectivity index (χ0) is 63.9. The maximum Gasteiger partial charge on any atom is 0.472 e. The van der Waals surface area contributed by atoms with Crippen molar-refractivity contribution in [2.75, 3.05) is 39.6 Å². The molecule has 510 valence electrons. The number of phosphoric acid groups is 2. The number of esters is 4. The van der Waals surface area contributed by atoms with Gasteiger partial charge >= 0.3 is 39.5 Å². The smallest absolute Gasteiger partial charge is 0.462 e. The van der Waals surface area contributed by atoms with Crippen molar-refractivity contribution in [1.82, 2.24) is 0 Å². The fourth-order valence-electron chi connectivity index (χ4n) is 9.89. The van der Waals surface area contributed by atoms with Crippen molar-refractivity contribution >= 4 is 39.5 Å². The summed E-state index contributed by atoms with van der Waals surface area (Å²) in [6, 6.07) is 0. The number of hydrogen-bond donors (Lipinski definition) is 3. The summed E-state index contributed by atoms with van der Waals surface area (Å²) < 4.78 is 68.1. The Bertz CT molecular complexity index is 1720. The van der Waals surface area contributed by atoms with Gasteiger partial charge in [-0.15, -0.1) is 0 Å². The average molecular weight is 1270 g/mol. The van der Waals surface area contributed by atoms with Gasteiger partial charge < -0.3 is 33.8 Å². The Labute approximate surface area is 524 Å². The van der Waals surface area contributed by atoms with Crippen LogP contribution in [0.25, 0.3) is 0 Å². The fraction of sp³-hybridized carbons (Fsp3) is 0.940. The van der Waals surface area contributed by atoms with Crippen LogP contribution in [0.4, 0.5) is 0 Å². The molecular weight excluding hydrogens is 1140 g/mol. The molecule has 0 saturated heterocycles. The van der Waals surface area contributed by atoms with E-state index in [1.807, 2.05) is 0 Å². The van der Waals surface area contributed by atoms with E-state index in [-0.39, 0.29) is 25.7 Å². The fourth-order valence-corrected chi connectivity index (χ4v) is 11.5. The summed E-state index contributed by atoms with van der Waals surface area (Å²) in [5.74, 6) is 0.819. The lowest BCUT2D eigenvalue weighted by molar-refractivity contribution is -0.161. The minimum atomic E-state index is -4.95. The Kier molecular flexibility index (Phi) is 55.7. The normalized spacial score (nSPS) is 15.0. The molecule has 0 aliphatic carbocycles. The van der Waals surface area contributed by atoms with Crippen LogP contribution in [0.2, 0.25) is 0 Å². The molecule has 0 aliphatic rings. The van der Waals surface area contributed by atoms with E-state index >= 15 is 0 Å². The molecule has 0 amide bonds. The van der Waals surface area contributed by atoms with E-state index in [1.165, 1.54) is 116 Å². The summed E-state index contributed by atoms with van der Waals surface area (Å²) in [6.45, 7) is 14.0. The van der Waals surface area contributed by atoms with Gasteiger partial charge in [-0.3, -0.25) is 37.3 Å². The molecule has 17 nitrogen and oxygen atoms in total. The van der Waals surface area contributed by atoms with E-state index < -0.39 is 97.5 Å². The second-order valence-corrected chi connectivity index (χ2v) is 28.6. The van der Waals surface area contributed by atoms with Crippen molar-refractivity contribution in [1.29, 1.82) is 0 Å². The molecule has 0 aliphatic heterocycles. The lowest BCUT2D eigenvalue weighted by atomic mass is 9.99. The Morgan fingerprint density at radius 2 is 0.558 bits per heavy atom. The van der Waals surface area contributed by atoms with Crippen LogP contribution in [0.5, 0.6) is 0 Å². The van der Waals surface area contributed by atoms with E-state index in [9.17, 15) is 43.2 Å². The van der Waals surface area contributed by atoms with Gasteiger partial charge in [0.25, 0.3) is 0 Å². The van der Waals surface area contributed by atoms with E-state index in [2.05, 4.69) is 55.4 Å². The predicted octanol–water partition coefficient (Wildman–Crippen LogP) is 18.5. The summed E-state index contributed by atoms with van der Waals surface area (Å²) >= 11 is 0. The minimum absolute atomic E-state index is 0.103. The lowest BCUT2D eigenvalue weighted by Crippen LogP contribution is -2.30. The molecule has 0 aromatic heterocycles. The first-order valence-electron chi connectivity index (χ1n) is 34.8. The van der Waals surface area contributed by atoms with Crippen LogP contribution >= 0.6 is 15.6 Å². The first-order chi connectivity index (χ1) is 41.2. The predicted molar refractivity (Wildman–Crippen MR) is 344 cm³/mol. The molecule has 0 spiro atoms. The molecule has 0 rings (SSSR count). The van der Waals surface area contributed by atoms with Gasteiger partial charge in [0.2, 0.25) is 0 Å². The highest BCUT2D eigenvalue weighted by atomic mass is 31.2. The summed E-state index contributed by atoms with van der Waals surface area (Å²) in [7, 11) is -9.90. The van der Waals surface area contributed by atoms with Crippen LogP contribution in [0.3, 0.4) is 0 Å². The molecule has 0 saturated carbocycles. The Balaban J connectivity index is 5.25. The standard InChI is InChI=1S/C67H130O17P2/c1-9-59(7)45-37-29-20-17-18-22-34-42-50-67(72)84-62(53-77-64(69)47-39-31-25-23-28-36-44-58(5)6)55-81-85(73,74)79-51-61(68)52-80-86(75,76)82-56-63(54-78-65(70)48-40-32-26-24-30-38-46-60(8)10-2)83-66(71)49-41-33-21-16-14-12-11-13-15-19-27-35-43-57(3)4/h57-63,68H,9-56H2,1-8H3,(H,73,74)(H,75,76)/t59?,60?,61-,62-,63-/m1/s1. The molecule has 3 N–H and O–H groups in total. The molecule has 0 bridgehead atoms. The van der Waals surface area contributed by atoms with Crippen molar-refractivity contribution in [3.05, 3.63) is 0 Å². The van der Waals surface area contributed by atoms with Gasteiger partial charge in [-0.05, 0) is 49.4 Å². The highest BCUT2D eigenvalue weighted by Crippen LogP contribution is 2.45. The number of carbonyl (C=O) groups is 4. The molecule has 86 heavy (non-hydrogen) atoms. The third kappa shape index (κ3) is 58.4. The van der Waals surface area contributed by atoms with Crippen LogP contribution in [0.15, 0.2) is 0 Å². The number of phosphoric ester groups is 2. The molecule has 7 atom stereocenters. The van der Waals surface area contributed by atoms with Crippen molar-refractivity contribution < 1.29 is 80.2 Å². The molecule has 0 aromatic carbocycles. The quantitative estimate of drug-likeness (QED) is 0.0222. The lowest BCUT2D eigenvalue weighted by Gasteiger charge is -2.21. The summed E-state index contributed by atoms with van der Waals surface area (Å²) in [4.78, 5) is 72.3. The highest BCUT2D eigenvalue weighted by molar-refractivity contribution is 7.47. The number of unbranched alkanes of at least 4 members (excludes halogenated alkanes) is 28. The first kappa shape index (κ1) is 84.1. The molecule has 0 radical (unpaired) electrons. The zero-order valence-electron chi connectivity index (χ0n) is 55.9. The number of hydrogen-bond acceptors (Lipinski definition) is 15. The van der Waals surface area contributed by atoms with E-state index in [4.69, 9.17) is 37.0 Å². The molecule has 0 heterocycles. The highest BCUT2D eigenvalue weighted by Gasteiger charge is 2.30. The van der Waals surface area contributed by atoms with Crippen molar-refractivity contribution in [2.24, 2.45) is 23.7 Å². The van der Waals surface area contributed by atoms with Crippen LogP contribution in [0, 0.1) is 23.7 Å². The Morgan fingerprint density at radius 3 is 0.826 bits per heavy atom. The maximum atomic E-state index is 13.0. The van der Waals surface area contributed by atoms with Gasteiger partial charge in [-0.2, -0.15) is 0 Å². The van der Waals surface area contributed by atoms with Crippen molar-refractivity contribution in [2.45, 2.75) is 343 Å². The van der Waals surface area contributed by atoms with E-state index in [0.717, 1.165) is 120 Å².